The molecule has 1 amide bonds. The van der Waals surface area contributed by atoms with Crippen LogP contribution in [0.15, 0.2) is 52.0 Å². The highest BCUT2D eigenvalue weighted by Crippen LogP contribution is 2.26. The summed E-state index contributed by atoms with van der Waals surface area (Å²) in [5, 5.41) is 2.97. The van der Waals surface area contributed by atoms with Crippen LogP contribution in [0.5, 0.6) is 0 Å². The summed E-state index contributed by atoms with van der Waals surface area (Å²) in [7, 11) is 0. The minimum absolute atomic E-state index is 0.0435. The first-order valence-electron chi connectivity index (χ1n) is 7.47. The van der Waals surface area contributed by atoms with Crippen LogP contribution in [0.4, 0.5) is 0 Å². The predicted molar refractivity (Wildman–Crippen MR) is 86.0 cm³/mol. The van der Waals surface area contributed by atoms with Gasteiger partial charge in [0, 0.05) is 18.0 Å². The molecule has 1 fully saturated rings. The Hall–Kier alpha value is -1.72. The fraction of sp³-hybridized carbons (Fsp3) is 0.353. The van der Waals surface area contributed by atoms with E-state index < -0.39 is 0 Å². The Bertz CT molecular complexity index is 606. The van der Waals surface area contributed by atoms with Gasteiger partial charge in [-0.1, -0.05) is 12.1 Å². The molecular weight excluding hydrogens is 298 g/mol. The Labute approximate surface area is 134 Å². The number of carbonyl (C=O) groups is 1. The van der Waals surface area contributed by atoms with Crippen LogP contribution in [0, 0.1) is 0 Å². The van der Waals surface area contributed by atoms with Crippen LogP contribution in [-0.2, 0) is 10.5 Å². The second-order valence-corrected chi connectivity index (χ2v) is 6.23. The zero-order valence-corrected chi connectivity index (χ0v) is 13.1. The number of ether oxygens (including phenoxy) is 1. The van der Waals surface area contributed by atoms with Crippen molar-refractivity contribution in [2.24, 2.45) is 0 Å². The van der Waals surface area contributed by atoms with Gasteiger partial charge in [-0.2, -0.15) is 0 Å². The Kier molecular flexibility index (Phi) is 5.19. The third-order valence-electron chi connectivity index (χ3n) is 3.60. The molecule has 2 heterocycles. The van der Waals surface area contributed by atoms with E-state index in [0.717, 1.165) is 30.1 Å². The smallest absolute Gasteiger partial charge is 0.252 e. The first-order chi connectivity index (χ1) is 10.8. The van der Waals surface area contributed by atoms with Crippen molar-refractivity contribution < 1.29 is 13.9 Å². The van der Waals surface area contributed by atoms with Gasteiger partial charge in [0.05, 0.1) is 23.7 Å². The molecule has 5 heteroatoms. The van der Waals surface area contributed by atoms with Crippen molar-refractivity contribution >= 4 is 17.7 Å². The van der Waals surface area contributed by atoms with Crippen LogP contribution in [0.1, 0.15) is 29.0 Å². The van der Waals surface area contributed by atoms with Gasteiger partial charge in [-0.15, -0.1) is 11.8 Å². The van der Waals surface area contributed by atoms with E-state index in [1.54, 1.807) is 18.0 Å². The summed E-state index contributed by atoms with van der Waals surface area (Å²) in [6, 6.07) is 11.5. The summed E-state index contributed by atoms with van der Waals surface area (Å²) in [4.78, 5) is 13.3. The topological polar surface area (TPSA) is 51.5 Å². The number of hydrogen-bond acceptors (Lipinski definition) is 4. The maximum absolute atomic E-state index is 12.4. The van der Waals surface area contributed by atoms with E-state index in [4.69, 9.17) is 9.15 Å². The zero-order valence-electron chi connectivity index (χ0n) is 12.3. The molecule has 2 aromatic rings. The molecule has 1 aromatic heterocycles. The molecule has 1 saturated heterocycles. The lowest BCUT2D eigenvalue weighted by molar-refractivity contribution is 0.0855. The van der Waals surface area contributed by atoms with Gasteiger partial charge in [-0.3, -0.25) is 4.79 Å². The number of hydrogen-bond donors (Lipinski definition) is 1. The number of benzene rings is 1. The Morgan fingerprint density at radius 1 is 1.27 bits per heavy atom. The number of thioether (sulfide) groups is 1. The van der Waals surface area contributed by atoms with Gasteiger partial charge in [0.15, 0.2) is 0 Å². The number of rotatable bonds is 6. The van der Waals surface area contributed by atoms with E-state index in [9.17, 15) is 4.79 Å². The van der Waals surface area contributed by atoms with Crippen LogP contribution in [0.2, 0.25) is 0 Å². The van der Waals surface area contributed by atoms with Crippen LogP contribution in [-0.4, -0.2) is 25.2 Å². The molecule has 0 radical (unpaired) electrons. The minimum atomic E-state index is -0.0435. The molecule has 1 atom stereocenters. The van der Waals surface area contributed by atoms with Crippen molar-refractivity contribution in [1.29, 1.82) is 0 Å². The molecule has 1 aliphatic rings. The summed E-state index contributed by atoms with van der Waals surface area (Å²) in [5.41, 5.74) is 0.706. The molecule has 22 heavy (non-hydrogen) atoms. The summed E-state index contributed by atoms with van der Waals surface area (Å²) in [5.74, 6) is 1.57. The lowest BCUT2D eigenvalue weighted by Gasteiger charge is -2.12. The predicted octanol–water partition coefficient (Wildman–Crippen LogP) is 3.48. The zero-order chi connectivity index (χ0) is 15.2. The molecule has 0 bridgehead atoms. The summed E-state index contributed by atoms with van der Waals surface area (Å²) >= 11 is 1.61. The lowest BCUT2D eigenvalue weighted by Crippen LogP contribution is -2.32. The SMILES string of the molecule is O=C(NCC1CCCO1)c1ccccc1SCc1ccco1. The van der Waals surface area contributed by atoms with Gasteiger partial charge in [0.2, 0.25) is 0 Å². The Morgan fingerprint density at radius 2 is 2.18 bits per heavy atom. The highest BCUT2D eigenvalue weighted by Gasteiger charge is 2.18. The Morgan fingerprint density at radius 3 is 2.95 bits per heavy atom. The van der Waals surface area contributed by atoms with Gasteiger partial charge in [-0.05, 0) is 37.1 Å². The molecule has 1 N–H and O–H groups in total. The molecule has 1 aromatic carbocycles. The van der Waals surface area contributed by atoms with Crippen molar-refractivity contribution in [3.05, 3.63) is 54.0 Å². The van der Waals surface area contributed by atoms with Crippen LogP contribution in [0.25, 0.3) is 0 Å². The van der Waals surface area contributed by atoms with Crippen molar-refractivity contribution in [3.63, 3.8) is 0 Å². The first kappa shape index (κ1) is 15.2. The van der Waals surface area contributed by atoms with Crippen LogP contribution in [0.3, 0.4) is 0 Å². The molecule has 1 aliphatic heterocycles. The molecule has 1 unspecified atom stereocenters. The minimum Gasteiger partial charge on any atom is -0.468 e. The monoisotopic (exact) mass is 317 g/mol. The molecule has 3 rings (SSSR count). The quantitative estimate of drug-likeness (QED) is 0.829. The highest BCUT2D eigenvalue weighted by atomic mass is 32.2. The van der Waals surface area contributed by atoms with Crippen LogP contribution >= 0.6 is 11.8 Å². The molecule has 0 aliphatic carbocycles. The van der Waals surface area contributed by atoms with E-state index in [0.29, 0.717) is 17.9 Å². The average Bonchev–Trinajstić information content (AvgIpc) is 3.24. The molecular formula is C17H19NO3S. The molecule has 116 valence electrons. The average molecular weight is 317 g/mol. The number of carbonyl (C=O) groups excluding carboxylic acids is 1. The number of furan rings is 1. The fourth-order valence-corrected chi connectivity index (χ4v) is 3.38. The maximum Gasteiger partial charge on any atom is 0.252 e. The second kappa shape index (κ2) is 7.51. The van der Waals surface area contributed by atoms with Gasteiger partial charge >= 0.3 is 0 Å². The van der Waals surface area contributed by atoms with Gasteiger partial charge < -0.3 is 14.5 Å². The van der Waals surface area contributed by atoms with Gasteiger partial charge in [0.25, 0.3) is 5.91 Å². The molecule has 0 saturated carbocycles. The van der Waals surface area contributed by atoms with Gasteiger partial charge in [-0.25, -0.2) is 0 Å². The van der Waals surface area contributed by atoms with Crippen molar-refractivity contribution in [2.45, 2.75) is 29.6 Å². The van der Waals surface area contributed by atoms with Gasteiger partial charge in [0.1, 0.15) is 5.76 Å². The fourth-order valence-electron chi connectivity index (χ4n) is 2.43. The number of nitrogens with one attached hydrogen (secondary N) is 1. The third kappa shape index (κ3) is 3.93. The summed E-state index contributed by atoms with van der Waals surface area (Å²) in [6.07, 6.45) is 3.92. The molecule has 0 spiro atoms. The van der Waals surface area contributed by atoms with E-state index in [1.165, 1.54) is 0 Å². The summed E-state index contributed by atoms with van der Waals surface area (Å²) in [6.45, 7) is 1.38. The van der Waals surface area contributed by atoms with Crippen LogP contribution < -0.4 is 5.32 Å². The maximum atomic E-state index is 12.4. The first-order valence-corrected chi connectivity index (χ1v) is 8.45. The Balaban J connectivity index is 1.60. The van der Waals surface area contributed by atoms with E-state index in [2.05, 4.69) is 5.32 Å². The van der Waals surface area contributed by atoms with E-state index in [-0.39, 0.29) is 12.0 Å². The summed E-state index contributed by atoms with van der Waals surface area (Å²) < 4.78 is 10.9. The molecule has 4 nitrogen and oxygen atoms in total. The second-order valence-electron chi connectivity index (χ2n) is 5.21. The normalized spacial score (nSPS) is 17.5. The van der Waals surface area contributed by atoms with E-state index in [1.807, 2.05) is 36.4 Å². The number of amides is 1. The third-order valence-corrected chi connectivity index (χ3v) is 4.69. The van der Waals surface area contributed by atoms with Crippen molar-refractivity contribution in [2.75, 3.05) is 13.2 Å². The highest BCUT2D eigenvalue weighted by molar-refractivity contribution is 7.98. The standard InChI is InChI=1S/C17H19NO3S/c19-17(18-11-13-5-3-9-20-13)15-7-1-2-8-16(15)22-12-14-6-4-10-21-14/h1-2,4,6-8,10,13H,3,5,9,11-12H2,(H,18,19). The van der Waals surface area contributed by atoms with E-state index >= 15 is 0 Å². The lowest BCUT2D eigenvalue weighted by atomic mass is 10.2. The largest absolute Gasteiger partial charge is 0.468 e. The van der Waals surface area contributed by atoms with Crippen molar-refractivity contribution in [1.82, 2.24) is 5.32 Å². The van der Waals surface area contributed by atoms with Crippen molar-refractivity contribution in [3.8, 4) is 0 Å².